The number of nitrogens with one attached hydrogen (secondary N) is 2. The van der Waals surface area contributed by atoms with Crippen LogP contribution in [0, 0.1) is 0 Å². The Balaban J connectivity index is 1.13. The number of ether oxygens (including phenoxy) is 2. The van der Waals surface area contributed by atoms with Gasteiger partial charge in [0.25, 0.3) is 0 Å². The Bertz CT molecular complexity index is 1650. The molecule has 0 aliphatic rings. The van der Waals surface area contributed by atoms with Crippen molar-refractivity contribution in [1.82, 2.24) is 10.9 Å². The van der Waals surface area contributed by atoms with Gasteiger partial charge in [-0.2, -0.15) is 10.2 Å². The largest absolute Gasteiger partial charge is 0.423 e. The molecule has 4 aromatic rings. The Morgan fingerprint density at radius 2 is 1.00 bits per heavy atom. The molecule has 10 nitrogen and oxygen atoms in total. The minimum atomic E-state index is -0.502. The molecule has 4 rings (SSSR count). The predicted molar refractivity (Wildman–Crippen MR) is 181 cm³/mol. The van der Waals surface area contributed by atoms with E-state index in [-0.39, 0.29) is 24.7 Å². The van der Waals surface area contributed by atoms with Gasteiger partial charge >= 0.3 is 11.9 Å². The number of hydrogen-bond donors (Lipinski definition) is 2. The summed E-state index contributed by atoms with van der Waals surface area (Å²) in [6, 6.07) is 27.4. The first-order chi connectivity index (χ1) is 22.3. The Labute approximate surface area is 282 Å². The number of benzene rings is 4. The van der Waals surface area contributed by atoms with Crippen molar-refractivity contribution >= 4 is 68.0 Å². The quantitative estimate of drug-likeness (QED) is 0.0507. The molecule has 0 fully saturated rings. The molecular formula is C34H28Br2N4O6. The fourth-order valence-corrected chi connectivity index (χ4v) is 4.83. The summed E-state index contributed by atoms with van der Waals surface area (Å²) in [6.07, 6.45) is 4.21. The molecule has 2 N–H and O–H groups in total. The number of halogens is 2. The molecular weight excluding hydrogens is 720 g/mol. The van der Waals surface area contributed by atoms with E-state index in [1.807, 2.05) is 0 Å². The number of amides is 2. The smallest absolute Gasteiger partial charge is 0.344 e. The number of hydrogen-bond acceptors (Lipinski definition) is 8. The van der Waals surface area contributed by atoms with E-state index in [4.69, 9.17) is 9.47 Å². The summed E-state index contributed by atoms with van der Waals surface area (Å²) in [6.45, 7) is 0. The minimum absolute atomic E-state index is 0.183. The second-order valence-electron chi connectivity index (χ2n) is 9.68. The summed E-state index contributed by atoms with van der Waals surface area (Å²) in [5.41, 5.74) is 6.96. The zero-order valence-electron chi connectivity index (χ0n) is 24.3. The Kier molecular flexibility index (Phi) is 12.9. The van der Waals surface area contributed by atoms with E-state index in [1.165, 1.54) is 12.4 Å². The molecule has 46 heavy (non-hydrogen) atoms. The molecule has 234 valence electrons. The standard InChI is InChI=1S/C34H28Br2N4O6/c35-29-15-3-1-13-27(29)33(43)45-25-11-7-9-23(19-25)21-37-39-31(41)17-5-6-18-32(42)40-38-22-24-10-8-12-26(20-24)46-34(44)28-14-2-4-16-30(28)36/h1-4,7-16,19-22H,5-6,17-18H2,(H,39,41)(H,40,42). The van der Waals surface area contributed by atoms with E-state index in [1.54, 1.807) is 97.1 Å². The summed E-state index contributed by atoms with van der Waals surface area (Å²) in [7, 11) is 0. The van der Waals surface area contributed by atoms with Gasteiger partial charge in [-0.3, -0.25) is 9.59 Å². The molecule has 0 bridgehead atoms. The molecule has 0 radical (unpaired) electrons. The Morgan fingerprint density at radius 3 is 1.41 bits per heavy atom. The van der Waals surface area contributed by atoms with Gasteiger partial charge in [0.1, 0.15) is 11.5 Å². The van der Waals surface area contributed by atoms with Crippen molar-refractivity contribution in [3.05, 3.63) is 128 Å². The van der Waals surface area contributed by atoms with Crippen LogP contribution in [0.25, 0.3) is 0 Å². The van der Waals surface area contributed by atoms with E-state index in [9.17, 15) is 19.2 Å². The SMILES string of the molecule is O=C(CCCCC(=O)NN=Cc1cccc(OC(=O)c2ccccc2Br)c1)NN=Cc1cccc(OC(=O)c2ccccc2Br)c1. The van der Waals surface area contributed by atoms with Crippen molar-refractivity contribution in [2.75, 3.05) is 0 Å². The second kappa shape index (κ2) is 17.5. The second-order valence-corrected chi connectivity index (χ2v) is 11.4. The van der Waals surface area contributed by atoms with Crippen LogP contribution in [0.4, 0.5) is 0 Å². The fraction of sp³-hybridized carbons (Fsp3) is 0.118. The van der Waals surface area contributed by atoms with Gasteiger partial charge < -0.3 is 9.47 Å². The van der Waals surface area contributed by atoms with Crippen molar-refractivity contribution in [1.29, 1.82) is 0 Å². The number of carbonyl (C=O) groups excluding carboxylic acids is 4. The number of esters is 2. The predicted octanol–water partition coefficient (Wildman–Crippen LogP) is 6.81. The molecule has 12 heteroatoms. The van der Waals surface area contributed by atoms with E-state index < -0.39 is 11.9 Å². The molecule has 0 saturated heterocycles. The van der Waals surface area contributed by atoms with Gasteiger partial charge in [0, 0.05) is 21.8 Å². The van der Waals surface area contributed by atoms with Crippen LogP contribution in [-0.4, -0.2) is 36.2 Å². The Morgan fingerprint density at radius 1 is 0.587 bits per heavy atom. The van der Waals surface area contributed by atoms with Crippen molar-refractivity contribution in [3.63, 3.8) is 0 Å². The van der Waals surface area contributed by atoms with Crippen molar-refractivity contribution < 1.29 is 28.7 Å². The van der Waals surface area contributed by atoms with Crippen LogP contribution in [0.3, 0.4) is 0 Å². The number of unbranched alkanes of at least 4 members (excludes halogenated alkanes) is 1. The normalized spacial score (nSPS) is 10.9. The van der Waals surface area contributed by atoms with Gasteiger partial charge in [0.15, 0.2) is 0 Å². The highest BCUT2D eigenvalue weighted by Gasteiger charge is 2.13. The Hall–Kier alpha value is -4.94. The third-order valence-corrected chi connectivity index (χ3v) is 7.57. The first-order valence-corrected chi connectivity index (χ1v) is 15.6. The highest BCUT2D eigenvalue weighted by atomic mass is 79.9. The van der Waals surface area contributed by atoms with Gasteiger partial charge in [-0.1, -0.05) is 48.5 Å². The van der Waals surface area contributed by atoms with Gasteiger partial charge in [-0.25, -0.2) is 20.4 Å². The lowest BCUT2D eigenvalue weighted by Gasteiger charge is -2.06. The van der Waals surface area contributed by atoms with Gasteiger partial charge in [0.2, 0.25) is 11.8 Å². The van der Waals surface area contributed by atoms with Gasteiger partial charge in [-0.05, 0) is 104 Å². The lowest BCUT2D eigenvalue weighted by molar-refractivity contribution is -0.123. The summed E-state index contributed by atoms with van der Waals surface area (Å²) in [5.74, 6) is -0.927. The number of carbonyl (C=O) groups is 4. The van der Waals surface area contributed by atoms with Crippen LogP contribution in [-0.2, 0) is 9.59 Å². The molecule has 0 heterocycles. The topological polar surface area (TPSA) is 136 Å². The fourth-order valence-electron chi connectivity index (χ4n) is 3.93. The maximum atomic E-state index is 12.4. The van der Waals surface area contributed by atoms with Crippen molar-refractivity contribution in [3.8, 4) is 11.5 Å². The first-order valence-electron chi connectivity index (χ1n) is 14.1. The molecule has 0 saturated carbocycles. The molecule has 0 aromatic heterocycles. The van der Waals surface area contributed by atoms with E-state index in [2.05, 4.69) is 52.9 Å². The maximum absolute atomic E-state index is 12.4. The molecule has 0 atom stereocenters. The highest BCUT2D eigenvalue weighted by Crippen LogP contribution is 2.21. The minimum Gasteiger partial charge on any atom is -0.423 e. The zero-order chi connectivity index (χ0) is 32.7. The number of hydrazone groups is 2. The maximum Gasteiger partial charge on any atom is 0.344 e. The molecule has 0 unspecified atom stereocenters. The van der Waals surface area contributed by atoms with E-state index in [0.717, 1.165) is 0 Å². The van der Waals surface area contributed by atoms with Crippen molar-refractivity contribution in [2.45, 2.75) is 25.7 Å². The summed E-state index contributed by atoms with van der Waals surface area (Å²) in [5, 5.41) is 7.92. The zero-order valence-corrected chi connectivity index (χ0v) is 27.5. The summed E-state index contributed by atoms with van der Waals surface area (Å²) in [4.78, 5) is 49.1. The average Bonchev–Trinajstić information content (AvgIpc) is 3.04. The third-order valence-electron chi connectivity index (χ3n) is 6.19. The average molecular weight is 748 g/mol. The lowest BCUT2D eigenvalue weighted by Crippen LogP contribution is -2.19. The summed E-state index contributed by atoms with van der Waals surface area (Å²) < 4.78 is 12.1. The molecule has 0 aliphatic heterocycles. The van der Waals surface area contributed by atoms with E-state index in [0.29, 0.717) is 55.5 Å². The van der Waals surface area contributed by atoms with Gasteiger partial charge in [-0.15, -0.1) is 0 Å². The molecule has 2 amide bonds. The molecule has 4 aromatic carbocycles. The third kappa shape index (κ3) is 10.9. The molecule has 0 spiro atoms. The van der Waals surface area contributed by atoms with Crippen LogP contribution >= 0.6 is 31.9 Å². The lowest BCUT2D eigenvalue weighted by atomic mass is 10.2. The van der Waals surface area contributed by atoms with Crippen LogP contribution in [0.2, 0.25) is 0 Å². The van der Waals surface area contributed by atoms with Crippen molar-refractivity contribution in [2.24, 2.45) is 10.2 Å². The van der Waals surface area contributed by atoms with Crippen LogP contribution < -0.4 is 20.3 Å². The van der Waals surface area contributed by atoms with Gasteiger partial charge in [0.05, 0.1) is 23.6 Å². The van der Waals surface area contributed by atoms with Crippen LogP contribution in [0.1, 0.15) is 57.5 Å². The van der Waals surface area contributed by atoms with Crippen LogP contribution in [0.5, 0.6) is 11.5 Å². The first kappa shape index (κ1) is 33.9. The summed E-state index contributed by atoms with van der Waals surface area (Å²) >= 11 is 6.67. The van der Waals surface area contributed by atoms with Crippen LogP contribution in [0.15, 0.2) is 116 Å². The molecule has 0 aliphatic carbocycles. The number of nitrogens with zero attached hydrogens (tertiary/aromatic N) is 2. The monoisotopic (exact) mass is 746 g/mol. The highest BCUT2D eigenvalue weighted by molar-refractivity contribution is 9.10. The number of rotatable bonds is 13. The van der Waals surface area contributed by atoms with E-state index >= 15 is 0 Å².